The largest absolute Gasteiger partial charge is 0.487 e. The molecule has 276 valence electrons. The second-order valence-corrected chi connectivity index (χ2v) is 13.7. The van der Waals surface area contributed by atoms with Crippen molar-refractivity contribution in [3.63, 3.8) is 0 Å². The van der Waals surface area contributed by atoms with Crippen molar-refractivity contribution in [2.75, 3.05) is 56.7 Å². The van der Waals surface area contributed by atoms with E-state index in [0.29, 0.717) is 59.4 Å². The molecule has 0 radical (unpaired) electrons. The topological polar surface area (TPSA) is 102 Å². The van der Waals surface area contributed by atoms with Crippen molar-refractivity contribution >= 4 is 22.3 Å². The number of pyridine rings is 3. The Balaban J connectivity index is 0.00000122. The summed E-state index contributed by atoms with van der Waals surface area (Å²) in [6, 6.07) is 9.79. The zero-order valence-corrected chi connectivity index (χ0v) is 31.5. The molecule has 0 saturated carbocycles. The first-order valence-corrected chi connectivity index (χ1v) is 18.5. The molecule has 0 spiro atoms. The molecule has 0 aliphatic carbocycles. The third kappa shape index (κ3) is 8.31. The molecule has 3 aliphatic heterocycles. The minimum atomic E-state index is -0.382. The fourth-order valence-corrected chi connectivity index (χ4v) is 7.63. The van der Waals surface area contributed by atoms with E-state index in [1.807, 2.05) is 45.3 Å². The standard InChI is InChI=1S/C37H45FN6O3.C2H6.CH5N/c1-24-7-5-14-42(18-24)35-32(38)16-31-34-37(35)47-23-26(3)44(34)21-28(36(31)45)20-43(19-27-11-12-39-33(15-27)46-4)30-8-6-13-41(22-30)29-10-9-25(2)40-17-29;2*1-2/h9-12,15-17,21,24,26,30H,5-8,13-14,18-20,22-23H2,1-4H3;1-2H3;2H2,1H3. The molecule has 10 nitrogen and oxygen atoms in total. The zero-order valence-electron chi connectivity index (χ0n) is 31.5. The maximum Gasteiger partial charge on any atom is 0.213 e. The molecule has 2 fully saturated rings. The molecule has 6 heterocycles. The first-order chi connectivity index (χ1) is 24.8. The van der Waals surface area contributed by atoms with Crippen molar-refractivity contribution in [2.45, 2.75) is 85.5 Å². The maximum atomic E-state index is 16.1. The molecule has 2 N–H and O–H groups in total. The molecule has 3 unspecified atom stereocenters. The lowest BCUT2D eigenvalue weighted by Gasteiger charge is -2.40. The van der Waals surface area contributed by atoms with Gasteiger partial charge in [0.2, 0.25) is 5.88 Å². The fourth-order valence-electron chi connectivity index (χ4n) is 7.63. The van der Waals surface area contributed by atoms with Crippen LogP contribution in [-0.4, -0.2) is 72.4 Å². The third-order valence-corrected chi connectivity index (χ3v) is 10.1. The summed E-state index contributed by atoms with van der Waals surface area (Å²) < 4.78 is 29.9. The first-order valence-electron chi connectivity index (χ1n) is 18.5. The average Bonchev–Trinajstić information content (AvgIpc) is 3.16. The third-order valence-electron chi connectivity index (χ3n) is 10.1. The molecular weight excluding hydrogens is 645 g/mol. The summed E-state index contributed by atoms with van der Waals surface area (Å²) in [5.41, 5.74) is 9.38. The number of anilines is 2. The van der Waals surface area contributed by atoms with E-state index in [0.717, 1.165) is 68.8 Å². The zero-order chi connectivity index (χ0) is 36.7. The smallest absolute Gasteiger partial charge is 0.213 e. The number of benzene rings is 1. The summed E-state index contributed by atoms with van der Waals surface area (Å²) in [4.78, 5) is 30.1. The summed E-state index contributed by atoms with van der Waals surface area (Å²) >= 11 is 0. The molecule has 51 heavy (non-hydrogen) atoms. The van der Waals surface area contributed by atoms with Gasteiger partial charge < -0.3 is 29.6 Å². The molecule has 2 saturated heterocycles. The Morgan fingerprint density at radius 2 is 1.78 bits per heavy atom. The maximum absolute atomic E-state index is 16.1. The van der Waals surface area contributed by atoms with Crippen molar-refractivity contribution in [3.8, 4) is 11.6 Å². The van der Waals surface area contributed by atoms with Crippen molar-refractivity contribution in [1.29, 1.82) is 0 Å². The molecule has 1 aromatic carbocycles. The number of piperidine rings is 2. The normalized spacial score (nSPS) is 19.8. The van der Waals surface area contributed by atoms with Gasteiger partial charge in [0.05, 0.1) is 35.9 Å². The lowest BCUT2D eigenvalue weighted by atomic mass is 9.98. The van der Waals surface area contributed by atoms with Crippen LogP contribution in [0.2, 0.25) is 0 Å². The van der Waals surface area contributed by atoms with E-state index in [1.165, 1.54) is 13.1 Å². The van der Waals surface area contributed by atoms with Crippen molar-refractivity contribution in [2.24, 2.45) is 11.7 Å². The van der Waals surface area contributed by atoms with Crippen molar-refractivity contribution in [1.82, 2.24) is 19.4 Å². The van der Waals surface area contributed by atoms with E-state index < -0.39 is 0 Å². The number of nitrogens with two attached hydrogens (primary N) is 1. The van der Waals surface area contributed by atoms with E-state index in [2.05, 4.69) is 60.9 Å². The first kappa shape index (κ1) is 38.0. The van der Waals surface area contributed by atoms with Crippen LogP contribution < -0.4 is 30.4 Å². The predicted molar refractivity (Wildman–Crippen MR) is 205 cm³/mol. The van der Waals surface area contributed by atoms with E-state index >= 15 is 4.39 Å². The number of ether oxygens (including phenoxy) is 2. The molecule has 3 aliphatic rings. The van der Waals surface area contributed by atoms with Crippen LogP contribution in [0.15, 0.2) is 53.7 Å². The van der Waals surface area contributed by atoms with Gasteiger partial charge in [0.15, 0.2) is 17.0 Å². The number of aryl methyl sites for hydroxylation is 1. The molecule has 4 aromatic rings. The van der Waals surface area contributed by atoms with Gasteiger partial charge in [0.1, 0.15) is 12.3 Å². The highest BCUT2D eigenvalue weighted by atomic mass is 19.1. The summed E-state index contributed by atoms with van der Waals surface area (Å²) in [6.07, 6.45) is 9.89. The minimum absolute atomic E-state index is 0.0000546. The lowest BCUT2D eigenvalue weighted by Crippen LogP contribution is -2.48. The van der Waals surface area contributed by atoms with Crippen LogP contribution in [0.25, 0.3) is 10.9 Å². The summed E-state index contributed by atoms with van der Waals surface area (Å²) in [7, 11) is 3.12. The van der Waals surface area contributed by atoms with Gasteiger partial charge in [-0.05, 0) is 82.3 Å². The number of rotatable bonds is 8. The molecule has 0 amide bonds. The number of hydrogen-bond acceptors (Lipinski definition) is 9. The van der Waals surface area contributed by atoms with Crippen LogP contribution in [0.3, 0.4) is 0 Å². The summed E-state index contributed by atoms with van der Waals surface area (Å²) in [6.45, 7) is 15.1. The second-order valence-electron chi connectivity index (χ2n) is 13.7. The Morgan fingerprint density at radius 3 is 2.51 bits per heavy atom. The molecule has 0 bridgehead atoms. The van der Waals surface area contributed by atoms with Crippen LogP contribution in [0, 0.1) is 18.7 Å². The van der Waals surface area contributed by atoms with Gasteiger partial charge in [-0.3, -0.25) is 14.7 Å². The minimum Gasteiger partial charge on any atom is -0.487 e. The monoisotopic (exact) mass is 701 g/mol. The Hall–Kier alpha value is -4.22. The van der Waals surface area contributed by atoms with Crippen molar-refractivity contribution in [3.05, 3.63) is 81.8 Å². The number of nitrogens with zero attached hydrogens (tertiary/aromatic N) is 6. The number of aromatic nitrogens is 3. The lowest BCUT2D eigenvalue weighted by molar-refractivity contribution is 0.157. The molecule has 3 aromatic heterocycles. The number of halogens is 1. The summed E-state index contributed by atoms with van der Waals surface area (Å²) in [5, 5.41) is 0.386. The summed E-state index contributed by atoms with van der Waals surface area (Å²) in [5.74, 6) is 1.16. The predicted octanol–water partition coefficient (Wildman–Crippen LogP) is 6.71. The van der Waals surface area contributed by atoms with Gasteiger partial charge in [-0.15, -0.1) is 0 Å². The van der Waals surface area contributed by atoms with Crippen LogP contribution in [0.1, 0.15) is 76.2 Å². The van der Waals surface area contributed by atoms with Crippen LogP contribution in [0.4, 0.5) is 15.8 Å². The molecule has 3 atom stereocenters. The van der Waals surface area contributed by atoms with E-state index in [1.54, 1.807) is 13.3 Å². The van der Waals surface area contributed by atoms with Crippen LogP contribution in [0.5, 0.6) is 11.6 Å². The highest BCUT2D eigenvalue weighted by molar-refractivity contribution is 5.92. The SMILES string of the molecule is CC.CN.COc1cc(CN(Cc2cn3c4c(c(N5CCCC(C)C5)c(F)cc4c2=O)OCC3C)C2CCCN(c3ccc(C)nc3)C2)ccn1. The van der Waals surface area contributed by atoms with Gasteiger partial charge in [-0.25, -0.2) is 9.37 Å². The Labute approximate surface area is 302 Å². The number of methoxy groups -OCH3 is 1. The van der Waals surface area contributed by atoms with E-state index in [-0.39, 0.29) is 23.3 Å². The van der Waals surface area contributed by atoms with Gasteiger partial charge in [-0.2, -0.15) is 0 Å². The van der Waals surface area contributed by atoms with Crippen LogP contribution in [-0.2, 0) is 13.1 Å². The Kier molecular flexibility index (Phi) is 12.9. The van der Waals surface area contributed by atoms with E-state index in [9.17, 15) is 4.79 Å². The van der Waals surface area contributed by atoms with Gasteiger partial charge in [0.25, 0.3) is 0 Å². The molecule has 11 heteroatoms. The highest BCUT2D eigenvalue weighted by Gasteiger charge is 2.32. The fraction of sp³-hybridized carbons (Fsp3) is 0.525. The highest BCUT2D eigenvalue weighted by Crippen LogP contribution is 2.43. The van der Waals surface area contributed by atoms with E-state index in [4.69, 9.17) is 9.47 Å². The number of hydrogen-bond donors (Lipinski definition) is 1. The van der Waals surface area contributed by atoms with Gasteiger partial charge in [-0.1, -0.05) is 20.8 Å². The second kappa shape index (κ2) is 17.3. The van der Waals surface area contributed by atoms with Crippen LogP contribution >= 0.6 is 0 Å². The average molecular weight is 702 g/mol. The quantitative estimate of drug-likeness (QED) is 0.215. The van der Waals surface area contributed by atoms with Gasteiger partial charge in [0, 0.05) is 75.0 Å². The Bertz CT molecular complexity index is 1820. The van der Waals surface area contributed by atoms with Gasteiger partial charge >= 0.3 is 0 Å². The van der Waals surface area contributed by atoms with Crippen molar-refractivity contribution < 1.29 is 13.9 Å². The molecular formula is C40H56FN7O3. The Morgan fingerprint density at radius 1 is 1.02 bits per heavy atom. The molecule has 7 rings (SSSR count).